The Kier molecular flexibility index (Phi) is 5.50. The van der Waals surface area contributed by atoms with Crippen LogP contribution in [0.25, 0.3) is 0 Å². The first-order chi connectivity index (χ1) is 9.58. The highest BCUT2D eigenvalue weighted by Crippen LogP contribution is 2.40. The fraction of sp³-hybridized carbons (Fsp3) is 0.812. The first kappa shape index (κ1) is 15.8. The average Bonchev–Trinajstić information content (AvgIpc) is 2.67. The first-order valence-electron chi connectivity index (χ1n) is 7.97. The SMILES string of the molecule is CCCNCC1(Cc2c(C)nn(C)c2Cl)CCCCC1. The van der Waals surface area contributed by atoms with E-state index in [0.29, 0.717) is 5.41 Å². The van der Waals surface area contributed by atoms with Crippen molar-refractivity contribution in [3.63, 3.8) is 0 Å². The van der Waals surface area contributed by atoms with Crippen LogP contribution < -0.4 is 5.32 Å². The third-order valence-electron chi connectivity index (χ3n) is 4.66. The first-order valence-corrected chi connectivity index (χ1v) is 8.34. The molecule has 0 atom stereocenters. The van der Waals surface area contributed by atoms with E-state index in [1.807, 2.05) is 11.7 Å². The highest BCUT2D eigenvalue weighted by atomic mass is 35.5. The zero-order valence-corrected chi connectivity index (χ0v) is 13.9. The van der Waals surface area contributed by atoms with Gasteiger partial charge in [0.1, 0.15) is 5.15 Å². The lowest BCUT2D eigenvalue weighted by atomic mass is 9.70. The molecule has 1 N–H and O–H groups in total. The highest BCUT2D eigenvalue weighted by molar-refractivity contribution is 6.30. The second kappa shape index (κ2) is 6.95. The maximum absolute atomic E-state index is 6.44. The minimum atomic E-state index is 0.380. The molecule has 0 aromatic carbocycles. The summed E-state index contributed by atoms with van der Waals surface area (Å²) in [4.78, 5) is 0. The van der Waals surface area contributed by atoms with Crippen LogP contribution in [0.3, 0.4) is 0 Å². The van der Waals surface area contributed by atoms with E-state index < -0.39 is 0 Å². The minimum Gasteiger partial charge on any atom is -0.316 e. The van der Waals surface area contributed by atoms with Crippen LogP contribution in [-0.2, 0) is 13.5 Å². The third kappa shape index (κ3) is 3.56. The van der Waals surface area contributed by atoms with Crippen molar-refractivity contribution in [2.75, 3.05) is 13.1 Å². The molecular weight excluding hydrogens is 270 g/mol. The molecule has 1 aromatic rings. The lowest BCUT2D eigenvalue weighted by Crippen LogP contribution is -2.38. The summed E-state index contributed by atoms with van der Waals surface area (Å²) in [6.45, 7) is 6.53. The summed E-state index contributed by atoms with van der Waals surface area (Å²) < 4.78 is 1.81. The molecule has 1 heterocycles. The van der Waals surface area contributed by atoms with E-state index in [1.54, 1.807) is 0 Å². The van der Waals surface area contributed by atoms with Gasteiger partial charge in [0, 0.05) is 19.2 Å². The Hall–Kier alpha value is -0.540. The molecule has 114 valence electrons. The molecule has 2 rings (SSSR count). The van der Waals surface area contributed by atoms with E-state index in [0.717, 1.165) is 30.4 Å². The van der Waals surface area contributed by atoms with Gasteiger partial charge in [0.15, 0.2) is 0 Å². The second-order valence-electron chi connectivity index (χ2n) is 6.39. The molecule has 0 spiro atoms. The maximum atomic E-state index is 6.44. The fourth-order valence-electron chi connectivity index (χ4n) is 3.50. The summed E-state index contributed by atoms with van der Waals surface area (Å²) in [5, 5.41) is 8.93. The number of rotatable bonds is 6. The van der Waals surface area contributed by atoms with Crippen LogP contribution in [0.2, 0.25) is 5.15 Å². The molecule has 3 nitrogen and oxygen atoms in total. The number of aromatic nitrogens is 2. The molecule has 1 fully saturated rings. The quantitative estimate of drug-likeness (QED) is 0.808. The van der Waals surface area contributed by atoms with Crippen LogP contribution in [0.1, 0.15) is 56.7 Å². The summed E-state index contributed by atoms with van der Waals surface area (Å²) in [7, 11) is 1.93. The molecule has 20 heavy (non-hydrogen) atoms. The third-order valence-corrected chi connectivity index (χ3v) is 5.14. The molecule has 1 saturated carbocycles. The second-order valence-corrected chi connectivity index (χ2v) is 6.75. The van der Waals surface area contributed by atoms with Crippen LogP contribution in [0.4, 0.5) is 0 Å². The predicted molar refractivity (Wildman–Crippen MR) is 85.3 cm³/mol. The van der Waals surface area contributed by atoms with E-state index in [4.69, 9.17) is 11.6 Å². The molecule has 0 unspecified atom stereocenters. The largest absolute Gasteiger partial charge is 0.316 e. The molecule has 0 radical (unpaired) electrons. The Labute approximate surface area is 128 Å². The monoisotopic (exact) mass is 297 g/mol. The molecule has 0 bridgehead atoms. The van der Waals surface area contributed by atoms with Gasteiger partial charge in [-0.3, -0.25) is 4.68 Å². The Morgan fingerprint density at radius 2 is 2.00 bits per heavy atom. The van der Waals surface area contributed by atoms with Crippen LogP contribution in [0.5, 0.6) is 0 Å². The van der Waals surface area contributed by atoms with Crippen molar-refractivity contribution in [2.45, 2.75) is 58.8 Å². The molecule has 1 aliphatic rings. The van der Waals surface area contributed by atoms with Crippen molar-refractivity contribution < 1.29 is 0 Å². The average molecular weight is 298 g/mol. The molecular formula is C16H28ClN3. The van der Waals surface area contributed by atoms with Crippen molar-refractivity contribution in [2.24, 2.45) is 12.5 Å². The fourth-order valence-corrected chi connectivity index (χ4v) is 3.74. The summed E-state index contributed by atoms with van der Waals surface area (Å²) in [6.07, 6.45) is 8.98. The van der Waals surface area contributed by atoms with Crippen LogP contribution in [0.15, 0.2) is 0 Å². The minimum absolute atomic E-state index is 0.380. The topological polar surface area (TPSA) is 29.9 Å². The van der Waals surface area contributed by atoms with Gasteiger partial charge >= 0.3 is 0 Å². The van der Waals surface area contributed by atoms with E-state index in [2.05, 4.69) is 24.3 Å². The van der Waals surface area contributed by atoms with Gasteiger partial charge in [-0.05, 0) is 44.6 Å². The molecule has 1 aliphatic carbocycles. The van der Waals surface area contributed by atoms with Crippen molar-refractivity contribution >= 4 is 11.6 Å². The lowest BCUT2D eigenvalue weighted by Gasteiger charge is -2.38. The Morgan fingerprint density at radius 1 is 1.30 bits per heavy atom. The van der Waals surface area contributed by atoms with Gasteiger partial charge in [0.25, 0.3) is 0 Å². The Balaban J connectivity index is 2.14. The van der Waals surface area contributed by atoms with Crippen molar-refractivity contribution in [1.82, 2.24) is 15.1 Å². The van der Waals surface area contributed by atoms with Gasteiger partial charge < -0.3 is 5.32 Å². The zero-order valence-electron chi connectivity index (χ0n) is 13.1. The van der Waals surface area contributed by atoms with Crippen molar-refractivity contribution in [3.8, 4) is 0 Å². The number of nitrogens with zero attached hydrogens (tertiary/aromatic N) is 2. The number of nitrogens with one attached hydrogen (secondary N) is 1. The summed E-state index contributed by atoms with van der Waals surface area (Å²) in [5.41, 5.74) is 2.73. The summed E-state index contributed by atoms with van der Waals surface area (Å²) >= 11 is 6.44. The predicted octanol–water partition coefficient (Wildman–Crippen LogP) is 3.87. The van der Waals surface area contributed by atoms with E-state index in [9.17, 15) is 0 Å². The van der Waals surface area contributed by atoms with Gasteiger partial charge in [-0.1, -0.05) is 37.8 Å². The van der Waals surface area contributed by atoms with Crippen molar-refractivity contribution in [3.05, 3.63) is 16.4 Å². The molecule has 0 saturated heterocycles. The molecule has 4 heteroatoms. The number of hydrogen-bond donors (Lipinski definition) is 1. The molecule has 0 amide bonds. The number of aryl methyl sites for hydroxylation is 2. The van der Waals surface area contributed by atoms with Gasteiger partial charge in [0.05, 0.1) is 5.69 Å². The normalized spacial score (nSPS) is 18.4. The van der Waals surface area contributed by atoms with Crippen LogP contribution in [0, 0.1) is 12.3 Å². The summed E-state index contributed by atoms with van der Waals surface area (Å²) in [6, 6.07) is 0. The number of halogens is 1. The van der Waals surface area contributed by atoms with Crippen LogP contribution in [-0.4, -0.2) is 22.9 Å². The lowest BCUT2D eigenvalue weighted by molar-refractivity contribution is 0.181. The van der Waals surface area contributed by atoms with Gasteiger partial charge in [-0.2, -0.15) is 5.10 Å². The van der Waals surface area contributed by atoms with Crippen LogP contribution >= 0.6 is 11.6 Å². The highest BCUT2D eigenvalue weighted by Gasteiger charge is 2.33. The Bertz CT molecular complexity index is 433. The van der Waals surface area contributed by atoms with E-state index in [1.165, 1.54) is 44.1 Å². The maximum Gasteiger partial charge on any atom is 0.130 e. The van der Waals surface area contributed by atoms with Gasteiger partial charge in [0.2, 0.25) is 0 Å². The molecule has 0 aliphatic heterocycles. The van der Waals surface area contributed by atoms with Gasteiger partial charge in [-0.25, -0.2) is 0 Å². The zero-order chi connectivity index (χ0) is 14.6. The number of hydrogen-bond acceptors (Lipinski definition) is 2. The van der Waals surface area contributed by atoms with Gasteiger partial charge in [-0.15, -0.1) is 0 Å². The van der Waals surface area contributed by atoms with E-state index >= 15 is 0 Å². The van der Waals surface area contributed by atoms with E-state index in [-0.39, 0.29) is 0 Å². The van der Waals surface area contributed by atoms with Crippen molar-refractivity contribution in [1.29, 1.82) is 0 Å². The molecule has 1 aromatic heterocycles. The smallest absolute Gasteiger partial charge is 0.130 e. The summed E-state index contributed by atoms with van der Waals surface area (Å²) in [5.74, 6) is 0. The standard InChI is InChI=1S/C16H28ClN3/c1-4-10-18-12-16(8-6-5-7-9-16)11-14-13(2)19-20(3)15(14)17/h18H,4-12H2,1-3H3. The Morgan fingerprint density at radius 3 is 2.55 bits per heavy atom.